The zero-order valence-electron chi connectivity index (χ0n) is 19.1. The number of carbonyl (C=O) groups is 1. The topological polar surface area (TPSA) is 54.0 Å². The van der Waals surface area contributed by atoms with E-state index in [9.17, 15) is 4.79 Å². The Balaban J connectivity index is 1.26. The Morgan fingerprint density at radius 2 is 1.67 bits per heavy atom. The van der Waals surface area contributed by atoms with Crippen LogP contribution in [-0.4, -0.2) is 57.2 Å². The molecule has 1 aliphatic rings. The largest absolute Gasteiger partial charge is 0.497 e. The van der Waals surface area contributed by atoms with Crippen LogP contribution in [0.1, 0.15) is 15.9 Å². The van der Waals surface area contributed by atoms with Gasteiger partial charge in [0.25, 0.3) is 5.91 Å². The number of rotatable bonds is 9. The van der Waals surface area contributed by atoms with Gasteiger partial charge in [-0.1, -0.05) is 42.5 Å². The van der Waals surface area contributed by atoms with E-state index in [1.165, 1.54) is 0 Å². The standard InChI is InChI=1S/C27H31N3O3/c1-32-24-11-7-8-22(20-24)21-33-26-13-6-5-12-25(26)30-18-16-29(17-19-30)15-14-28-27(31)23-9-3-2-4-10-23/h2-13,20H,14-19,21H2,1H3,(H,28,31). The number of nitrogens with zero attached hydrogens (tertiary/aromatic N) is 2. The van der Waals surface area contributed by atoms with Gasteiger partial charge in [-0.05, 0) is 42.0 Å². The summed E-state index contributed by atoms with van der Waals surface area (Å²) in [7, 11) is 1.67. The van der Waals surface area contributed by atoms with Gasteiger partial charge in [0.1, 0.15) is 18.1 Å². The van der Waals surface area contributed by atoms with Crippen LogP contribution < -0.4 is 19.7 Å². The molecule has 3 aromatic rings. The van der Waals surface area contributed by atoms with Gasteiger partial charge in [0, 0.05) is 44.8 Å². The number of hydrogen-bond donors (Lipinski definition) is 1. The van der Waals surface area contributed by atoms with E-state index in [1.54, 1.807) is 7.11 Å². The monoisotopic (exact) mass is 445 g/mol. The van der Waals surface area contributed by atoms with E-state index >= 15 is 0 Å². The fraction of sp³-hybridized carbons (Fsp3) is 0.296. The minimum absolute atomic E-state index is 0.0173. The summed E-state index contributed by atoms with van der Waals surface area (Å²) in [5, 5.41) is 3.02. The summed E-state index contributed by atoms with van der Waals surface area (Å²) in [4.78, 5) is 17.0. The Labute approximate surface area is 195 Å². The molecule has 0 unspecified atom stereocenters. The van der Waals surface area contributed by atoms with Gasteiger partial charge in [0.15, 0.2) is 0 Å². The van der Waals surface area contributed by atoms with Gasteiger partial charge in [-0.3, -0.25) is 9.69 Å². The van der Waals surface area contributed by atoms with Crippen molar-refractivity contribution in [3.8, 4) is 11.5 Å². The molecule has 6 nitrogen and oxygen atoms in total. The third-order valence-electron chi connectivity index (χ3n) is 5.86. The maximum Gasteiger partial charge on any atom is 0.251 e. The van der Waals surface area contributed by atoms with Gasteiger partial charge < -0.3 is 19.7 Å². The number of amides is 1. The Hall–Kier alpha value is -3.51. The first kappa shape index (κ1) is 22.7. The third-order valence-corrected chi connectivity index (χ3v) is 5.86. The minimum atomic E-state index is -0.0173. The van der Waals surface area contributed by atoms with E-state index < -0.39 is 0 Å². The lowest BCUT2D eigenvalue weighted by Crippen LogP contribution is -2.48. The van der Waals surface area contributed by atoms with Crippen LogP contribution in [-0.2, 0) is 6.61 Å². The van der Waals surface area contributed by atoms with Crippen LogP contribution in [0, 0.1) is 0 Å². The predicted octanol–water partition coefficient (Wildman–Crippen LogP) is 3.83. The van der Waals surface area contributed by atoms with Crippen molar-refractivity contribution < 1.29 is 14.3 Å². The van der Waals surface area contributed by atoms with Crippen molar-refractivity contribution in [2.75, 3.05) is 51.3 Å². The molecule has 33 heavy (non-hydrogen) atoms. The number of benzene rings is 3. The van der Waals surface area contributed by atoms with Crippen molar-refractivity contribution in [3.05, 3.63) is 90.0 Å². The van der Waals surface area contributed by atoms with Gasteiger partial charge in [0.05, 0.1) is 12.8 Å². The SMILES string of the molecule is COc1cccc(COc2ccccc2N2CCN(CCNC(=O)c3ccccc3)CC2)c1. The molecule has 0 atom stereocenters. The van der Waals surface area contributed by atoms with Crippen molar-refractivity contribution in [3.63, 3.8) is 0 Å². The average molecular weight is 446 g/mol. The molecule has 3 aromatic carbocycles. The molecule has 172 valence electrons. The number of hydrogen-bond acceptors (Lipinski definition) is 5. The Kier molecular flexibility index (Phi) is 7.82. The number of ether oxygens (including phenoxy) is 2. The summed E-state index contributed by atoms with van der Waals surface area (Å²) in [6.45, 7) is 5.73. The van der Waals surface area contributed by atoms with Gasteiger partial charge in [-0.25, -0.2) is 0 Å². The first-order valence-corrected chi connectivity index (χ1v) is 11.4. The first-order chi connectivity index (χ1) is 16.2. The molecule has 6 heteroatoms. The second kappa shape index (κ2) is 11.4. The number of para-hydroxylation sites is 2. The molecule has 1 saturated heterocycles. The highest BCUT2D eigenvalue weighted by atomic mass is 16.5. The Morgan fingerprint density at radius 1 is 0.909 bits per heavy atom. The normalized spacial score (nSPS) is 14.0. The molecule has 0 bridgehead atoms. The number of piperazine rings is 1. The quantitative estimate of drug-likeness (QED) is 0.543. The second-order valence-corrected chi connectivity index (χ2v) is 8.06. The fourth-order valence-electron chi connectivity index (χ4n) is 4.00. The molecule has 4 rings (SSSR count). The highest BCUT2D eigenvalue weighted by Crippen LogP contribution is 2.29. The molecule has 1 N–H and O–H groups in total. The van der Waals surface area contributed by atoms with Crippen LogP contribution in [0.15, 0.2) is 78.9 Å². The lowest BCUT2D eigenvalue weighted by Gasteiger charge is -2.36. The molecule has 0 aromatic heterocycles. The third kappa shape index (κ3) is 6.26. The van der Waals surface area contributed by atoms with E-state index in [1.807, 2.05) is 66.7 Å². The van der Waals surface area contributed by atoms with Gasteiger partial charge in [0.2, 0.25) is 0 Å². The highest BCUT2D eigenvalue weighted by Gasteiger charge is 2.19. The lowest BCUT2D eigenvalue weighted by atomic mass is 10.2. The fourth-order valence-corrected chi connectivity index (χ4v) is 4.00. The molecule has 0 radical (unpaired) electrons. The van der Waals surface area contributed by atoms with Crippen LogP contribution in [0.25, 0.3) is 0 Å². The van der Waals surface area contributed by atoms with Crippen LogP contribution in [0.4, 0.5) is 5.69 Å². The van der Waals surface area contributed by atoms with Crippen molar-refractivity contribution in [2.45, 2.75) is 6.61 Å². The molecular weight excluding hydrogens is 414 g/mol. The van der Waals surface area contributed by atoms with E-state index in [4.69, 9.17) is 9.47 Å². The first-order valence-electron chi connectivity index (χ1n) is 11.4. The molecular formula is C27H31N3O3. The zero-order chi connectivity index (χ0) is 22.9. The number of nitrogens with one attached hydrogen (secondary N) is 1. The van der Waals surface area contributed by atoms with Gasteiger partial charge in [-0.15, -0.1) is 0 Å². The number of methoxy groups -OCH3 is 1. The molecule has 0 spiro atoms. The van der Waals surface area contributed by atoms with E-state index in [-0.39, 0.29) is 5.91 Å². The summed E-state index contributed by atoms with van der Waals surface area (Å²) >= 11 is 0. The predicted molar refractivity (Wildman–Crippen MR) is 131 cm³/mol. The zero-order valence-corrected chi connectivity index (χ0v) is 19.1. The van der Waals surface area contributed by atoms with Crippen molar-refractivity contribution in [2.24, 2.45) is 0 Å². The van der Waals surface area contributed by atoms with E-state index in [0.717, 1.165) is 55.5 Å². The number of anilines is 1. The van der Waals surface area contributed by atoms with Crippen LogP contribution in [0.3, 0.4) is 0 Å². The van der Waals surface area contributed by atoms with Gasteiger partial charge >= 0.3 is 0 Å². The maximum atomic E-state index is 12.2. The minimum Gasteiger partial charge on any atom is -0.497 e. The maximum absolute atomic E-state index is 12.2. The molecule has 1 amide bonds. The molecule has 1 aliphatic heterocycles. The molecule has 1 heterocycles. The summed E-state index contributed by atoms with van der Waals surface area (Å²) in [6.07, 6.45) is 0. The Morgan fingerprint density at radius 3 is 2.45 bits per heavy atom. The molecule has 0 saturated carbocycles. The highest BCUT2D eigenvalue weighted by molar-refractivity contribution is 5.94. The lowest BCUT2D eigenvalue weighted by molar-refractivity contribution is 0.0947. The van der Waals surface area contributed by atoms with Crippen molar-refractivity contribution in [1.29, 1.82) is 0 Å². The molecule has 1 fully saturated rings. The molecule has 0 aliphatic carbocycles. The van der Waals surface area contributed by atoms with Crippen LogP contribution in [0.5, 0.6) is 11.5 Å². The van der Waals surface area contributed by atoms with Crippen molar-refractivity contribution in [1.82, 2.24) is 10.2 Å². The summed E-state index contributed by atoms with van der Waals surface area (Å²) in [6, 6.07) is 25.5. The second-order valence-electron chi connectivity index (χ2n) is 8.06. The smallest absolute Gasteiger partial charge is 0.251 e. The van der Waals surface area contributed by atoms with Crippen LogP contribution in [0.2, 0.25) is 0 Å². The van der Waals surface area contributed by atoms with Gasteiger partial charge in [-0.2, -0.15) is 0 Å². The average Bonchev–Trinajstić information content (AvgIpc) is 2.88. The van der Waals surface area contributed by atoms with E-state index in [2.05, 4.69) is 27.2 Å². The Bertz CT molecular complexity index is 1030. The van der Waals surface area contributed by atoms with Crippen molar-refractivity contribution >= 4 is 11.6 Å². The summed E-state index contributed by atoms with van der Waals surface area (Å²) < 4.78 is 11.5. The van der Waals surface area contributed by atoms with Crippen LogP contribution >= 0.6 is 0 Å². The summed E-state index contributed by atoms with van der Waals surface area (Å²) in [5.74, 6) is 1.71. The number of carbonyl (C=O) groups excluding carboxylic acids is 1. The van der Waals surface area contributed by atoms with E-state index in [0.29, 0.717) is 18.7 Å². The summed E-state index contributed by atoms with van der Waals surface area (Å²) in [5.41, 5.74) is 2.90.